The quantitative estimate of drug-likeness (QED) is 0.422. The molecule has 0 aliphatic heterocycles. The van der Waals surface area contributed by atoms with Crippen LogP contribution in [0.2, 0.25) is 13.1 Å². The smallest absolute Gasteiger partial charge is 0.0181 e. The third-order valence-electron chi connectivity index (χ3n) is 0.375. The highest BCUT2D eigenvalue weighted by atomic mass is 29.5. The number of hydrogen-bond donors (Lipinski definition) is 0. The van der Waals surface area contributed by atoms with Gasteiger partial charge in [0.05, 0.1) is 0 Å². The van der Waals surface area contributed by atoms with Crippen LogP contribution >= 0.6 is 0 Å². The molecular weight excluding hydrogens is 108 g/mol. The van der Waals surface area contributed by atoms with E-state index >= 15 is 0 Å². The Labute approximate surface area is 40.4 Å². The van der Waals surface area contributed by atoms with Gasteiger partial charge in [-0.05, 0) is 0 Å². The van der Waals surface area contributed by atoms with Crippen molar-refractivity contribution < 1.29 is 0 Å². The summed E-state index contributed by atoms with van der Waals surface area (Å²) in [4.78, 5) is 0. The fourth-order valence-electron chi connectivity index (χ4n) is 0. The van der Waals surface area contributed by atoms with E-state index in [1.165, 1.54) is 0 Å². The van der Waals surface area contributed by atoms with E-state index in [9.17, 15) is 0 Å². The number of rotatable bonds is 1. The van der Waals surface area contributed by atoms with Gasteiger partial charge in [-0.1, -0.05) is 13.1 Å². The van der Waals surface area contributed by atoms with E-state index in [0.29, 0.717) is 0 Å². The molecule has 0 atom stereocenters. The predicted molar refractivity (Wildman–Crippen MR) is 29.0 cm³/mol. The lowest BCUT2D eigenvalue weighted by Crippen LogP contribution is -2.13. The number of hydrogen-bond acceptors (Lipinski definition) is 0. The second kappa shape index (κ2) is 2.87. The molecule has 0 heterocycles. The Hall–Kier alpha value is 0.651. The van der Waals surface area contributed by atoms with Crippen LogP contribution in [0, 0.1) is 0 Å². The van der Waals surface area contributed by atoms with Gasteiger partial charge in [-0.25, -0.2) is 0 Å². The van der Waals surface area contributed by atoms with Crippen molar-refractivity contribution in [2.24, 2.45) is 0 Å². The van der Waals surface area contributed by atoms with Crippen LogP contribution in [0.25, 0.3) is 0 Å². The molecule has 0 N–H and O–H groups in total. The lowest BCUT2D eigenvalue weighted by molar-refractivity contribution is 2.26. The predicted octanol–water partition coefficient (Wildman–Crippen LogP) is 0.0252. The van der Waals surface area contributed by atoms with E-state index in [1.54, 1.807) is 0 Å². The van der Waals surface area contributed by atoms with Gasteiger partial charge in [0.1, 0.15) is 0 Å². The molecule has 0 rings (SSSR count). The van der Waals surface area contributed by atoms with Gasteiger partial charge in [0, 0.05) is 26.6 Å². The maximum absolute atomic E-state index is 3.53. The van der Waals surface area contributed by atoms with E-state index in [0.717, 1.165) is 9.04 Å². The molecule has 0 unspecified atom stereocenters. The Morgan fingerprint density at radius 2 is 2.00 bits per heavy atom. The lowest BCUT2D eigenvalue weighted by Gasteiger charge is -1.85. The van der Waals surface area contributed by atoms with Gasteiger partial charge >= 0.3 is 0 Å². The van der Waals surface area contributed by atoms with Crippen LogP contribution in [-0.4, -0.2) is 26.6 Å². The summed E-state index contributed by atoms with van der Waals surface area (Å²) in [6, 6.07) is 0. The SMILES string of the molecule is C[Si][Si](C)[Si]. The summed E-state index contributed by atoms with van der Waals surface area (Å²) in [5.41, 5.74) is 0. The Balaban J connectivity index is 2.54. The molecule has 0 bridgehead atoms. The fraction of sp³-hybridized carbons (Fsp3) is 1.00. The minimum absolute atomic E-state index is 0.0406. The van der Waals surface area contributed by atoms with Crippen LogP contribution < -0.4 is 0 Å². The molecule has 0 saturated carbocycles. The zero-order valence-corrected chi connectivity index (χ0v) is 6.50. The molecule has 6 radical (unpaired) electrons. The van der Waals surface area contributed by atoms with Crippen LogP contribution in [0.3, 0.4) is 0 Å². The molecule has 26 valence electrons. The average molecular weight is 114 g/mol. The largest absolute Gasteiger partial charge is 0.0761 e. The van der Waals surface area contributed by atoms with E-state index in [4.69, 9.17) is 0 Å². The van der Waals surface area contributed by atoms with Gasteiger partial charge in [0.25, 0.3) is 0 Å². The minimum atomic E-state index is -0.0406. The van der Waals surface area contributed by atoms with Crippen molar-refractivity contribution in [1.82, 2.24) is 0 Å². The summed E-state index contributed by atoms with van der Waals surface area (Å²) < 4.78 is 0. The summed E-state index contributed by atoms with van der Waals surface area (Å²) >= 11 is 0. The van der Waals surface area contributed by atoms with Gasteiger partial charge in [-0.3, -0.25) is 0 Å². The second-order valence-corrected chi connectivity index (χ2v) is 10.1. The molecule has 0 aromatic carbocycles. The van der Waals surface area contributed by atoms with Crippen LogP contribution in [0.15, 0.2) is 0 Å². The first kappa shape index (κ1) is 5.65. The average Bonchev–Trinajstić information content (AvgIpc) is 1.38. The van der Waals surface area contributed by atoms with Crippen molar-refractivity contribution in [2.75, 3.05) is 0 Å². The molecular formula is C2H6Si3. The second-order valence-electron chi connectivity index (χ2n) is 0.875. The van der Waals surface area contributed by atoms with Crippen molar-refractivity contribution >= 4 is 26.6 Å². The van der Waals surface area contributed by atoms with Gasteiger partial charge in [0.15, 0.2) is 0 Å². The lowest BCUT2D eigenvalue weighted by atomic mass is 11.9. The van der Waals surface area contributed by atoms with Gasteiger partial charge in [-0.2, -0.15) is 0 Å². The summed E-state index contributed by atoms with van der Waals surface area (Å²) in [6.45, 7) is 4.47. The molecule has 0 aliphatic rings. The highest BCUT2D eigenvalue weighted by molar-refractivity contribution is 7.34. The van der Waals surface area contributed by atoms with Gasteiger partial charge in [0.2, 0.25) is 0 Å². The Morgan fingerprint density at radius 1 is 1.80 bits per heavy atom. The van der Waals surface area contributed by atoms with Crippen LogP contribution in [-0.2, 0) is 0 Å². The van der Waals surface area contributed by atoms with Crippen LogP contribution in [0.1, 0.15) is 0 Å². The van der Waals surface area contributed by atoms with E-state index < -0.39 is 0 Å². The van der Waals surface area contributed by atoms with Crippen molar-refractivity contribution in [3.05, 3.63) is 0 Å². The van der Waals surface area contributed by atoms with Crippen molar-refractivity contribution in [3.63, 3.8) is 0 Å². The molecule has 0 spiro atoms. The summed E-state index contributed by atoms with van der Waals surface area (Å²) in [6.07, 6.45) is 0. The molecule has 0 aromatic rings. The summed E-state index contributed by atoms with van der Waals surface area (Å²) in [5.74, 6) is 0. The molecule has 0 saturated heterocycles. The molecule has 5 heavy (non-hydrogen) atoms. The van der Waals surface area contributed by atoms with E-state index in [2.05, 4.69) is 22.9 Å². The Kier molecular flexibility index (Phi) is 3.24. The normalized spacial score (nSPS) is 9.60. The van der Waals surface area contributed by atoms with Crippen molar-refractivity contribution in [3.8, 4) is 0 Å². The molecule has 0 aromatic heterocycles. The van der Waals surface area contributed by atoms with Gasteiger partial charge < -0.3 is 0 Å². The monoisotopic (exact) mass is 114 g/mol. The topological polar surface area (TPSA) is 0 Å². The first-order valence-electron chi connectivity index (χ1n) is 1.50. The zero-order valence-electron chi connectivity index (χ0n) is 3.50. The zero-order chi connectivity index (χ0) is 4.28. The molecule has 0 fully saturated rings. The van der Waals surface area contributed by atoms with Crippen molar-refractivity contribution in [2.45, 2.75) is 13.1 Å². The van der Waals surface area contributed by atoms with Crippen LogP contribution in [0.4, 0.5) is 0 Å². The third kappa shape index (κ3) is 4.65. The van der Waals surface area contributed by atoms with E-state index in [-0.39, 0.29) is 7.83 Å². The standard InChI is InChI=1S/C2H6Si3/c1-4-5(2)3/h1-2H3. The summed E-state index contributed by atoms with van der Waals surface area (Å²) in [5, 5.41) is 0. The molecule has 3 heteroatoms. The highest BCUT2D eigenvalue weighted by Gasteiger charge is 1.85. The van der Waals surface area contributed by atoms with E-state index in [1.807, 2.05) is 0 Å². The van der Waals surface area contributed by atoms with Crippen LogP contribution in [0.5, 0.6) is 0 Å². The third-order valence-corrected chi connectivity index (χ3v) is 5.62. The minimum Gasteiger partial charge on any atom is -0.0761 e. The molecule has 0 aliphatic carbocycles. The first-order valence-corrected chi connectivity index (χ1v) is 7.50. The highest BCUT2D eigenvalue weighted by Crippen LogP contribution is 1.62. The fourth-order valence-corrected chi connectivity index (χ4v) is 0. The summed E-state index contributed by atoms with van der Waals surface area (Å²) in [7, 11) is 4.62. The first-order chi connectivity index (χ1) is 2.27. The maximum atomic E-state index is 3.53. The molecule has 0 amide bonds. The van der Waals surface area contributed by atoms with Gasteiger partial charge in [-0.15, -0.1) is 0 Å². The van der Waals surface area contributed by atoms with Crippen molar-refractivity contribution in [1.29, 1.82) is 0 Å². The molecule has 0 nitrogen and oxygen atoms in total. The Bertz CT molecular complexity index is 18.9. The maximum Gasteiger partial charge on any atom is 0.0181 e. The Morgan fingerprint density at radius 3 is 2.00 bits per heavy atom.